The molecule has 10 atom stereocenters. The summed E-state index contributed by atoms with van der Waals surface area (Å²) in [5, 5.41) is 23.3. The van der Waals surface area contributed by atoms with Crippen molar-refractivity contribution in [1.29, 1.82) is 0 Å². The lowest BCUT2D eigenvalue weighted by atomic mass is 9.44. The van der Waals surface area contributed by atoms with Crippen molar-refractivity contribution in [3.63, 3.8) is 0 Å². The molecular formula is C32H55NO3. The third-order valence-electron chi connectivity index (χ3n) is 13.4. The van der Waals surface area contributed by atoms with Crippen molar-refractivity contribution in [3.05, 3.63) is 0 Å². The highest BCUT2D eigenvalue weighted by molar-refractivity contribution is 5.83. The van der Waals surface area contributed by atoms with Crippen LogP contribution >= 0.6 is 0 Å². The van der Waals surface area contributed by atoms with Crippen LogP contribution in [0.3, 0.4) is 0 Å². The zero-order chi connectivity index (χ0) is 26.1. The van der Waals surface area contributed by atoms with E-state index >= 15 is 0 Å². The lowest BCUT2D eigenvalue weighted by molar-refractivity contribution is -0.144. The average molecular weight is 502 g/mol. The minimum atomic E-state index is -1.10. The second-order valence-electron chi connectivity index (χ2n) is 15.4. The molecule has 0 bridgehead atoms. The molecule has 4 nitrogen and oxygen atoms in total. The van der Waals surface area contributed by atoms with Crippen LogP contribution in [0.15, 0.2) is 0 Å². The normalized spacial score (nSPS) is 46.0. The number of fused-ring (bicyclic) bond motifs is 4. The molecule has 5 rings (SSSR count). The summed E-state index contributed by atoms with van der Waals surface area (Å²) in [6.07, 6.45) is 14.7. The Morgan fingerprint density at radius 2 is 1.72 bits per heavy atom. The molecule has 0 radical (unpaired) electrons. The number of aliphatic hydroxyl groups excluding tert-OH is 2. The number of hydrogen-bond donors (Lipinski definition) is 3. The van der Waals surface area contributed by atoms with Crippen molar-refractivity contribution < 1.29 is 15.0 Å². The van der Waals surface area contributed by atoms with E-state index < -0.39 is 5.41 Å². The van der Waals surface area contributed by atoms with E-state index in [1.807, 2.05) is 0 Å². The van der Waals surface area contributed by atoms with Gasteiger partial charge in [0.2, 0.25) is 5.91 Å². The molecule has 1 spiro atoms. The molecule has 5 fully saturated rings. The maximum atomic E-state index is 13.4. The van der Waals surface area contributed by atoms with E-state index in [4.69, 9.17) is 0 Å². The summed E-state index contributed by atoms with van der Waals surface area (Å²) in [6, 6.07) is 0.200. The first-order valence-electron chi connectivity index (χ1n) is 15.5. The first kappa shape index (κ1) is 27.0. The van der Waals surface area contributed by atoms with Crippen LogP contribution in [0.4, 0.5) is 0 Å². The van der Waals surface area contributed by atoms with Crippen LogP contribution in [-0.4, -0.2) is 35.4 Å². The molecule has 3 N–H and O–H groups in total. The summed E-state index contributed by atoms with van der Waals surface area (Å²) in [5.41, 5.74) is -0.0703. The second kappa shape index (κ2) is 9.25. The minimum absolute atomic E-state index is 0.146. The Hall–Kier alpha value is -0.610. The maximum absolute atomic E-state index is 13.4. The van der Waals surface area contributed by atoms with Crippen LogP contribution in [0.5, 0.6) is 0 Å². The minimum Gasteiger partial charge on any atom is -0.395 e. The molecule has 206 valence electrons. The topological polar surface area (TPSA) is 69.6 Å². The summed E-state index contributed by atoms with van der Waals surface area (Å²) >= 11 is 0. The zero-order valence-corrected chi connectivity index (χ0v) is 24.1. The van der Waals surface area contributed by atoms with Gasteiger partial charge < -0.3 is 15.5 Å². The van der Waals surface area contributed by atoms with Crippen molar-refractivity contribution in [2.75, 3.05) is 13.2 Å². The van der Waals surface area contributed by atoms with Gasteiger partial charge in [0.1, 0.15) is 0 Å². The first-order valence-corrected chi connectivity index (χ1v) is 15.5. The quantitative estimate of drug-likeness (QED) is 0.353. The van der Waals surface area contributed by atoms with E-state index in [2.05, 4.69) is 39.9 Å². The molecule has 0 aromatic rings. The summed E-state index contributed by atoms with van der Waals surface area (Å²) in [5.74, 6) is 5.35. The SMILES string of the molecule is CC(C)CCC[C@@H](C)[C@H]1CCC2C3C[C@@H](NC(=O)C(C)(CO)CO)C45CC4CC[C@]5(C)C3CC[C@@]21C. The molecule has 4 heteroatoms. The molecule has 0 heterocycles. The van der Waals surface area contributed by atoms with E-state index in [9.17, 15) is 15.0 Å². The Labute approximate surface area is 220 Å². The third-order valence-corrected chi connectivity index (χ3v) is 13.4. The van der Waals surface area contributed by atoms with Gasteiger partial charge in [-0.1, -0.05) is 53.9 Å². The van der Waals surface area contributed by atoms with Crippen LogP contribution in [0.25, 0.3) is 0 Å². The van der Waals surface area contributed by atoms with Crippen LogP contribution in [0.1, 0.15) is 112 Å². The average Bonchev–Trinajstić information content (AvgIpc) is 3.35. The number of rotatable bonds is 9. The molecule has 1 amide bonds. The van der Waals surface area contributed by atoms with E-state index in [0.717, 1.165) is 41.9 Å². The van der Waals surface area contributed by atoms with E-state index in [1.54, 1.807) is 6.92 Å². The number of nitrogens with one attached hydrogen (secondary N) is 1. The van der Waals surface area contributed by atoms with Gasteiger partial charge in [0.25, 0.3) is 0 Å². The maximum Gasteiger partial charge on any atom is 0.230 e. The lowest BCUT2D eigenvalue weighted by Gasteiger charge is -2.61. The molecule has 5 aliphatic rings. The van der Waals surface area contributed by atoms with Gasteiger partial charge >= 0.3 is 0 Å². The molecule has 0 aromatic heterocycles. The van der Waals surface area contributed by atoms with Gasteiger partial charge in [-0.25, -0.2) is 0 Å². The Morgan fingerprint density at radius 1 is 1.00 bits per heavy atom. The molecule has 0 aromatic carbocycles. The highest BCUT2D eigenvalue weighted by atomic mass is 16.3. The molecule has 0 aliphatic heterocycles. The third kappa shape index (κ3) is 3.77. The fraction of sp³-hybridized carbons (Fsp3) is 0.969. The number of carbonyl (C=O) groups excluding carboxylic acids is 1. The predicted molar refractivity (Wildman–Crippen MR) is 145 cm³/mol. The van der Waals surface area contributed by atoms with Crippen LogP contribution in [0, 0.1) is 63.1 Å². The molecule has 0 saturated heterocycles. The van der Waals surface area contributed by atoms with Crippen molar-refractivity contribution >= 4 is 5.91 Å². The van der Waals surface area contributed by atoms with Crippen molar-refractivity contribution in [2.45, 2.75) is 118 Å². The number of aliphatic hydroxyl groups is 2. The summed E-state index contributed by atoms with van der Waals surface area (Å²) < 4.78 is 0. The van der Waals surface area contributed by atoms with Gasteiger partial charge in [0.15, 0.2) is 0 Å². The monoisotopic (exact) mass is 501 g/mol. The molecular weight excluding hydrogens is 446 g/mol. The lowest BCUT2D eigenvalue weighted by Crippen LogP contribution is -2.62. The number of carbonyl (C=O) groups is 1. The number of amides is 1. The van der Waals surface area contributed by atoms with Gasteiger partial charge in [0, 0.05) is 6.04 Å². The molecule has 36 heavy (non-hydrogen) atoms. The van der Waals surface area contributed by atoms with Crippen molar-refractivity contribution in [3.8, 4) is 0 Å². The summed E-state index contributed by atoms with van der Waals surface area (Å²) in [7, 11) is 0. The molecule has 5 unspecified atom stereocenters. The van der Waals surface area contributed by atoms with Crippen LogP contribution in [-0.2, 0) is 4.79 Å². The van der Waals surface area contributed by atoms with Crippen molar-refractivity contribution in [1.82, 2.24) is 5.32 Å². The fourth-order valence-electron chi connectivity index (χ4n) is 11.1. The predicted octanol–water partition coefficient (Wildman–Crippen LogP) is 6.19. The zero-order valence-electron chi connectivity index (χ0n) is 24.1. The van der Waals surface area contributed by atoms with Gasteiger partial charge in [-0.15, -0.1) is 0 Å². The standard InChI is InChI=1S/C32H55NO3/c1-20(2)8-7-9-21(3)24-10-11-25-23-16-27(33-28(36)29(4,18-34)19-35)32-17-22(32)12-15-31(32,6)26(23)13-14-30(24,25)5/h20-27,34-35H,7-19H2,1-6H3,(H,33,36)/t21-,22?,23?,24-,25?,26?,27-,30-,31-,32?/m1/s1. The number of hydrogen-bond acceptors (Lipinski definition) is 3. The van der Waals surface area contributed by atoms with Gasteiger partial charge in [0.05, 0.1) is 18.6 Å². The Kier molecular flexibility index (Phi) is 6.93. The highest BCUT2D eigenvalue weighted by Gasteiger charge is 2.77. The Bertz CT molecular complexity index is 837. The summed E-state index contributed by atoms with van der Waals surface area (Å²) in [4.78, 5) is 13.4. The second-order valence-corrected chi connectivity index (χ2v) is 15.4. The van der Waals surface area contributed by atoms with E-state index in [-0.39, 0.29) is 30.6 Å². The largest absolute Gasteiger partial charge is 0.395 e. The van der Waals surface area contributed by atoms with Crippen molar-refractivity contribution in [2.24, 2.45) is 63.1 Å². The van der Waals surface area contributed by atoms with Crippen LogP contribution in [0.2, 0.25) is 0 Å². The van der Waals surface area contributed by atoms with Crippen LogP contribution < -0.4 is 5.32 Å². The van der Waals surface area contributed by atoms with E-state index in [1.165, 1.54) is 64.2 Å². The molecule has 5 saturated carbocycles. The van der Waals surface area contributed by atoms with Gasteiger partial charge in [-0.05, 0) is 116 Å². The van der Waals surface area contributed by atoms with E-state index in [0.29, 0.717) is 16.7 Å². The smallest absolute Gasteiger partial charge is 0.230 e. The highest BCUT2D eigenvalue weighted by Crippen LogP contribution is 2.81. The summed E-state index contributed by atoms with van der Waals surface area (Å²) in [6.45, 7) is 13.6. The van der Waals surface area contributed by atoms with Gasteiger partial charge in [-0.2, -0.15) is 0 Å². The Balaban J connectivity index is 1.38. The molecule has 5 aliphatic carbocycles. The van der Waals surface area contributed by atoms with Gasteiger partial charge in [-0.3, -0.25) is 4.79 Å². The fourth-order valence-corrected chi connectivity index (χ4v) is 11.1. The first-order chi connectivity index (χ1) is 17.0. The Morgan fingerprint density at radius 3 is 2.36 bits per heavy atom.